The lowest BCUT2D eigenvalue weighted by Crippen LogP contribution is -2.02. The summed E-state index contributed by atoms with van der Waals surface area (Å²) in [5.41, 5.74) is 3.48. The number of hydrogen-bond acceptors (Lipinski definition) is 3. The standard InChI is InChI=1S/C15H15NO3/c1-10-3-4-11(2)12(7-10)9-19-13-5-6-14(15(17)18)16-8-13/h3-8H,9H2,1-2H3,(H,17,18). The number of pyridine rings is 1. The van der Waals surface area contributed by atoms with Crippen LogP contribution in [0.25, 0.3) is 0 Å². The fourth-order valence-electron chi connectivity index (χ4n) is 1.71. The number of nitrogens with zero attached hydrogens (tertiary/aromatic N) is 1. The number of aryl methyl sites for hydroxylation is 2. The molecule has 0 aliphatic heterocycles. The molecule has 98 valence electrons. The highest BCUT2D eigenvalue weighted by molar-refractivity contribution is 5.85. The molecule has 0 fully saturated rings. The minimum Gasteiger partial charge on any atom is -0.487 e. The van der Waals surface area contributed by atoms with Crippen molar-refractivity contribution < 1.29 is 14.6 Å². The molecule has 1 aromatic heterocycles. The van der Waals surface area contributed by atoms with E-state index in [2.05, 4.69) is 23.2 Å². The number of ether oxygens (including phenoxy) is 1. The second kappa shape index (κ2) is 5.52. The number of rotatable bonds is 4. The van der Waals surface area contributed by atoms with Crippen LogP contribution in [0.15, 0.2) is 36.5 Å². The molecule has 4 heteroatoms. The molecule has 0 atom stereocenters. The summed E-state index contributed by atoms with van der Waals surface area (Å²) in [6.07, 6.45) is 1.43. The van der Waals surface area contributed by atoms with Crippen LogP contribution in [-0.2, 0) is 6.61 Å². The molecule has 0 saturated carbocycles. The molecular formula is C15H15NO3. The van der Waals surface area contributed by atoms with Crippen molar-refractivity contribution in [2.45, 2.75) is 20.5 Å². The summed E-state index contributed by atoms with van der Waals surface area (Å²) in [7, 11) is 0. The number of carboxylic acids is 1. The molecule has 2 aromatic rings. The molecule has 0 aliphatic carbocycles. The third-order valence-corrected chi connectivity index (χ3v) is 2.85. The van der Waals surface area contributed by atoms with Gasteiger partial charge in [0.1, 0.15) is 18.1 Å². The minimum absolute atomic E-state index is 0.0130. The van der Waals surface area contributed by atoms with Crippen molar-refractivity contribution in [2.24, 2.45) is 0 Å². The van der Waals surface area contributed by atoms with Gasteiger partial charge in [0.2, 0.25) is 0 Å². The Kier molecular flexibility index (Phi) is 3.80. The smallest absolute Gasteiger partial charge is 0.354 e. The van der Waals surface area contributed by atoms with Gasteiger partial charge in [0.05, 0.1) is 6.20 Å². The Morgan fingerprint density at radius 3 is 2.68 bits per heavy atom. The maximum absolute atomic E-state index is 10.7. The Bertz CT molecular complexity index is 591. The van der Waals surface area contributed by atoms with Crippen molar-refractivity contribution in [1.29, 1.82) is 0 Å². The van der Waals surface area contributed by atoms with E-state index in [1.54, 1.807) is 6.07 Å². The summed E-state index contributed by atoms with van der Waals surface area (Å²) in [5, 5.41) is 8.75. The molecule has 0 spiro atoms. The number of hydrogen-bond donors (Lipinski definition) is 1. The highest BCUT2D eigenvalue weighted by atomic mass is 16.5. The monoisotopic (exact) mass is 257 g/mol. The van der Waals surface area contributed by atoms with E-state index >= 15 is 0 Å². The average molecular weight is 257 g/mol. The topological polar surface area (TPSA) is 59.4 Å². The quantitative estimate of drug-likeness (QED) is 0.914. The molecule has 19 heavy (non-hydrogen) atoms. The molecule has 0 radical (unpaired) electrons. The van der Waals surface area contributed by atoms with Crippen LogP contribution in [-0.4, -0.2) is 16.1 Å². The minimum atomic E-state index is -1.04. The first-order valence-electron chi connectivity index (χ1n) is 5.94. The number of carbonyl (C=O) groups is 1. The normalized spacial score (nSPS) is 10.2. The molecule has 0 saturated heterocycles. The van der Waals surface area contributed by atoms with E-state index < -0.39 is 5.97 Å². The summed E-state index contributed by atoms with van der Waals surface area (Å²) in [4.78, 5) is 14.5. The number of aromatic nitrogens is 1. The van der Waals surface area contributed by atoms with Crippen LogP contribution in [0.5, 0.6) is 5.75 Å². The van der Waals surface area contributed by atoms with Crippen molar-refractivity contribution >= 4 is 5.97 Å². The average Bonchev–Trinajstić information content (AvgIpc) is 2.40. The van der Waals surface area contributed by atoms with Gasteiger partial charge in [-0.3, -0.25) is 0 Å². The van der Waals surface area contributed by atoms with Gasteiger partial charge >= 0.3 is 5.97 Å². The number of carboxylic acid groups (broad SMARTS) is 1. The predicted octanol–water partition coefficient (Wildman–Crippen LogP) is 2.98. The zero-order chi connectivity index (χ0) is 13.8. The van der Waals surface area contributed by atoms with Crippen LogP contribution in [0.3, 0.4) is 0 Å². The molecule has 1 N–H and O–H groups in total. The maximum atomic E-state index is 10.7. The molecule has 0 bridgehead atoms. The molecule has 1 aromatic carbocycles. The Labute approximate surface area is 111 Å². The van der Waals surface area contributed by atoms with Crippen LogP contribution in [0.1, 0.15) is 27.2 Å². The van der Waals surface area contributed by atoms with Crippen LogP contribution in [0.4, 0.5) is 0 Å². The Morgan fingerprint density at radius 1 is 1.26 bits per heavy atom. The number of aromatic carboxylic acids is 1. The molecule has 0 aliphatic rings. The summed E-state index contributed by atoms with van der Waals surface area (Å²) < 4.78 is 5.61. The molecule has 0 amide bonds. The lowest BCUT2D eigenvalue weighted by Gasteiger charge is -2.09. The fourth-order valence-corrected chi connectivity index (χ4v) is 1.71. The van der Waals surface area contributed by atoms with E-state index in [0.717, 1.165) is 5.56 Å². The van der Waals surface area contributed by atoms with Crippen LogP contribution >= 0.6 is 0 Å². The van der Waals surface area contributed by atoms with Crippen molar-refractivity contribution in [1.82, 2.24) is 4.98 Å². The highest BCUT2D eigenvalue weighted by Crippen LogP contribution is 2.15. The van der Waals surface area contributed by atoms with Crippen molar-refractivity contribution in [3.63, 3.8) is 0 Å². The van der Waals surface area contributed by atoms with Crippen molar-refractivity contribution in [3.8, 4) is 5.75 Å². The molecule has 2 rings (SSSR count). The second-order valence-electron chi connectivity index (χ2n) is 4.40. The summed E-state index contributed by atoms with van der Waals surface area (Å²) in [5.74, 6) is -0.480. The zero-order valence-corrected chi connectivity index (χ0v) is 10.9. The first-order valence-corrected chi connectivity index (χ1v) is 5.94. The van der Waals surface area contributed by atoms with E-state index in [4.69, 9.17) is 9.84 Å². The summed E-state index contributed by atoms with van der Waals surface area (Å²) in [6.45, 7) is 4.51. The Hall–Kier alpha value is -2.36. The van der Waals surface area contributed by atoms with Crippen molar-refractivity contribution in [2.75, 3.05) is 0 Å². The number of benzene rings is 1. The summed E-state index contributed by atoms with van der Waals surface area (Å²) in [6, 6.07) is 9.23. The zero-order valence-electron chi connectivity index (χ0n) is 10.9. The van der Waals surface area contributed by atoms with E-state index in [1.807, 2.05) is 13.8 Å². The van der Waals surface area contributed by atoms with Gasteiger partial charge in [0.25, 0.3) is 0 Å². The largest absolute Gasteiger partial charge is 0.487 e. The Morgan fingerprint density at radius 2 is 2.05 bits per heavy atom. The van der Waals surface area contributed by atoms with Crippen LogP contribution in [0, 0.1) is 13.8 Å². The van der Waals surface area contributed by atoms with E-state index in [-0.39, 0.29) is 5.69 Å². The Balaban J connectivity index is 2.06. The third-order valence-electron chi connectivity index (χ3n) is 2.85. The first kappa shape index (κ1) is 13.1. The molecular weight excluding hydrogens is 242 g/mol. The van der Waals surface area contributed by atoms with Gasteiger partial charge in [0.15, 0.2) is 0 Å². The predicted molar refractivity (Wildman–Crippen MR) is 71.4 cm³/mol. The second-order valence-corrected chi connectivity index (χ2v) is 4.40. The van der Waals surface area contributed by atoms with Crippen LogP contribution in [0.2, 0.25) is 0 Å². The van der Waals surface area contributed by atoms with Crippen molar-refractivity contribution in [3.05, 3.63) is 58.9 Å². The van der Waals surface area contributed by atoms with E-state index in [9.17, 15) is 4.79 Å². The lowest BCUT2D eigenvalue weighted by molar-refractivity contribution is 0.0690. The van der Waals surface area contributed by atoms with E-state index in [1.165, 1.54) is 23.4 Å². The van der Waals surface area contributed by atoms with Gasteiger partial charge in [-0.25, -0.2) is 9.78 Å². The summed E-state index contributed by atoms with van der Waals surface area (Å²) >= 11 is 0. The SMILES string of the molecule is Cc1ccc(C)c(COc2ccc(C(=O)O)nc2)c1. The van der Waals surface area contributed by atoms with Gasteiger partial charge in [0, 0.05) is 0 Å². The van der Waals surface area contributed by atoms with Gasteiger partial charge in [-0.15, -0.1) is 0 Å². The van der Waals surface area contributed by atoms with Gasteiger partial charge < -0.3 is 9.84 Å². The first-order chi connectivity index (χ1) is 9.06. The molecule has 4 nitrogen and oxygen atoms in total. The highest BCUT2D eigenvalue weighted by Gasteiger charge is 2.05. The van der Waals surface area contributed by atoms with E-state index in [0.29, 0.717) is 12.4 Å². The van der Waals surface area contributed by atoms with Gasteiger partial charge in [-0.05, 0) is 37.1 Å². The van der Waals surface area contributed by atoms with Gasteiger partial charge in [-0.2, -0.15) is 0 Å². The fraction of sp³-hybridized carbons (Fsp3) is 0.200. The molecule has 1 heterocycles. The van der Waals surface area contributed by atoms with Crippen LogP contribution < -0.4 is 4.74 Å². The lowest BCUT2D eigenvalue weighted by atomic mass is 10.1. The molecule has 0 unspecified atom stereocenters. The third kappa shape index (κ3) is 3.31. The maximum Gasteiger partial charge on any atom is 0.354 e. The van der Waals surface area contributed by atoms with Gasteiger partial charge in [-0.1, -0.05) is 23.8 Å².